The summed E-state index contributed by atoms with van der Waals surface area (Å²) in [5.41, 5.74) is 2.15. The molecule has 0 atom stereocenters. The molecule has 1 aliphatic rings. The van der Waals surface area contributed by atoms with Crippen LogP contribution < -0.4 is 4.74 Å². The maximum absolute atomic E-state index is 15.2. The molecule has 0 N–H and O–H groups in total. The highest BCUT2D eigenvalue weighted by Gasteiger charge is 2.31. The molecule has 0 unspecified atom stereocenters. The first-order chi connectivity index (χ1) is 17.3. The van der Waals surface area contributed by atoms with E-state index in [1.54, 1.807) is 24.3 Å². The van der Waals surface area contributed by atoms with Crippen molar-refractivity contribution in [3.05, 3.63) is 77.1 Å². The number of hydrogen-bond acceptors (Lipinski definition) is 4. The number of alkyl halides is 3. The van der Waals surface area contributed by atoms with Crippen LogP contribution in [0, 0.1) is 5.82 Å². The van der Waals surface area contributed by atoms with Gasteiger partial charge in [0, 0.05) is 17.6 Å². The van der Waals surface area contributed by atoms with Crippen molar-refractivity contribution in [1.29, 1.82) is 0 Å². The molecular weight excluding hydrogens is 476 g/mol. The van der Waals surface area contributed by atoms with E-state index in [9.17, 15) is 13.2 Å². The lowest BCUT2D eigenvalue weighted by Gasteiger charge is -2.29. The molecule has 194 valence electrons. The smallest absolute Gasteiger partial charge is 0.406 e. The molecule has 3 aromatic carbocycles. The summed E-state index contributed by atoms with van der Waals surface area (Å²) in [6.07, 6.45) is -1.11. The van der Waals surface area contributed by atoms with Gasteiger partial charge in [-0.15, -0.1) is 13.2 Å². The second-order valence-electron chi connectivity index (χ2n) is 8.91. The van der Waals surface area contributed by atoms with E-state index < -0.39 is 12.7 Å². The molecule has 1 fully saturated rings. The number of halogens is 4. The van der Waals surface area contributed by atoms with Crippen LogP contribution in [0.2, 0.25) is 0 Å². The topological polar surface area (TPSA) is 36.9 Å². The average Bonchev–Trinajstić information content (AvgIpc) is 2.86. The van der Waals surface area contributed by atoms with E-state index in [0.29, 0.717) is 43.6 Å². The van der Waals surface area contributed by atoms with Crippen LogP contribution in [0.4, 0.5) is 17.6 Å². The van der Waals surface area contributed by atoms with E-state index in [2.05, 4.69) is 11.7 Å². The molecule has 4 nitrogen and oxygen atoms in total. The van der Waals surface area contributed by atoms with Crippen molar-refractivity contribution in [1.82, 2.24) is 0 Å². The largest absolute Gasteiger partial charge is 0.573 e. The van der Waals surface area contributed by atoms with E-state index in [4.69, 9.17) is 14.2 Å². The van der Waals surface area contributed by atoms with Crippen LogP contribution in [-0.4, -0.2) is 32.3 Å². The summed E-state index contributed by atoms with van der Waals surface area (Å²) in [4.78, 5) is 0. The Labute approximate surface area is 208 Å². The SMILES string of the molecule is CCCCCOC1COC(c2ccc3c(F)c(CCc4ccc(OC(F)(F)F)cc4)ccc3c2)OC1. The van der Waals surface area contributed by atoms with Crippen LogP contribution in [0.15, 0.2) is 54.6 Å². The predicted molar refractivity (Wildman–Crippen MR) is 128 cm³/mol. The second kappa shape index (κ2) is 12.0. The second-order valence-corrected chi connectivity index (χ2v) is 8.91. The fourth-order valence-electron chi connectivity index (χ4n) is 4.21. The van der Waals surface area contributed by atoms with Crippen molar-refractivity contribution in [3.8, 4) is 5.75 Å². The van der Waals surface area contributed by atoms with Crippen LogP contribution in [0.25, 0.3) is 10.8 Å². The average molecular weight is 507 g/mol. The van der Waals surface area contributed by atoms with Gasteiger partial charge in [0.25, 0.3) is 0 Å². The summed E-state index contributed by atoms with van der Waals surface area (Å²) in [6.45, 7) is 3.75. The molecule has 3 aromatic rings. The number of rotatable bonds is 10. The van der Waals surface area contributed by atoms with Gasteiger partial charge < -0.3 is 18.9 Å². The van der Waals surface area contributed by atoms with Gasteiger partial charge >= 0.3 is 6.36 Å². The molecule has 0 saturated carbocycles. The Balaban J connectivity index is 1.34. The van der Waals surface area contributed by atoms with Crippen LogP contribution in [0.3, 0.4) is 0 Å². The third kappa shape index (κ3) is 7.18. The summed E-state index contributed by atoms with van der Waals surface area (Å²) in [5, 5.41) is 1.24. The van der Waals surface area contributed by atoms with Gasteiger partial charge in [-0.25, -0.2) is 4.39 Å². The summed E-state index contributed by atoms with van der Waals surface area (Å²) in [7, 11) is 0. The van der Waals surface area contributed by atoms with Gasteiger partial charge in [0.2, 0.25) is 0 Å². The van der Waals surface area contributed by atoms with Gasteiger partial charge in [-0.1, -0.05) is 56.2 Å². The summed E-state index contributed by atoms with van der Waals surface area (Å²) >= 11 is 0. The van der Waals surface area contributed by atoms with Crippen molar-refractivity contribution in [2.45, 2.75) is 57.8 Å². The highest BCUT2D eigenvalue weighted by atomic mass is 19.4. The molecule has 0 aliphatic carbocycles. The van der Waals surface area contributed by atoms with Crippen molar-refractivity contribution in [2.75, 3.05) is 19.8 Å². The normalized spacial score (nSPS) is 18.5. The standard InChI is InChI=1S/C28H30F4O4/c1-2-3-4-15-33-24-17-34-27(35-18-24)22-11-14-25-21(16-22)10-9-20(26(25)29)8-5-19-6-12-23(13-7-19)36-28(30,31)32/h6-7,9-14,16,24,27H,2-5,8,15,17-18H2,1H3. The van der Waals surface area contributed by atoms with Gasteiger partial charge in [0.15, 0.2) is 6.29 Å². The predicted octanol–water partition coefficient (Wildman–Crippen LogP) is 7.28. The number of aryl methyl sites for hydroxylation is 2. The summed E-state index contributed by atoms with van der Waals surface area (Å²) in [6, 6.07) is 14.6. The molecule has 0 amide bonds. The van der Waals surface area contributed by atoms with Crippen LogP contribution in [-0.2, 0) is 27.1 Å². The van der Waals surface area contributed by atoms with Crippen molar-refractivity contribution < 1.29 is 36.5 Å². The van der Waals surface area contributed by atoms with Crippen molar-refractivity contribution >= 4 is 10.8 Å². The first-order valence-electron chi connectivity index (χ1n) is 12.2. The Morgan fingerprint density at radius 1 is 0.917 bits per heavy atom. The minimum atomic E-state index is -4.73. The Kier molecular flexibility index (Phi) is 8.82. The van der Waals surface area contributed by atoms with E-state index in [-0.39, 0.29) is 17.7 Å². The van der Waals surface area contributed by atoms with E-state index >= 15 is 4.39 Å². The van der Waals surface area contributed by atoms with E-state index in [1.807, 2.05) is 18.2 Å². The number of unbranched alkanes of at least 4 members (excludes halogenated alkanes) is 2. The van der Waals surface area contributed by atoms with Gasteiger partial charge in [0.05, 0.1) is 13.2 Å². The first kappa shape index (κ1) is 26.4. The van der Waals surface area contributed by atoms with Crippen LogP contribution >= 0.6 is 0 Å². The summed E-state index contributed by atoms with van der Waals surface area (Å²) in [5.74, 6) is -0.581. The molecule has 0 aromatic heterocycles. The Hall–Kier alpha value is -2.68. The fraction of sp³-hybridized carbons (Fsp3) is 0.429. The van der Waals surface area contributed by atoms with Gasteiger partial charge in [-0.3, -0.25) is 0 Å². The Morgan fingerprint density at radius 2 is 1.67 bits per heavy atom. The minimum Gasteiger partial charge on any atom is -0.406 e. The Bertz CT molecular complexity index is 1120. The van der Waals surface area contributed by atoms with Gasteiger partial charge in [0.1, 0.15) is 17.7 Å². The summed E-state index contributed by atoms with van der Waals surface area (Å²) < 4.78 is 73.5. The molecule has 8 heteroatoms. The zero-order valence-electron chi connectivity index (χ0n) is 20.2. The maximum atomic E-state index is 15.2. The third-order valence-electron chi connectivity index (χ3n) is 6.14. The molecular formula is C28H30F4O4. The highest BCUT2D eigenvalue weighted by molar-refractivity contribution is 5.84. The number of hydrogen-bond donors (Lipinski definition) is 0. The van der Waals surface area contributed by atoms with Crippen molar-refractivity contribution in [2.24, 2.45) is 0 Å². The lowest BCUT2D eigenvalue weighted by Crippen LogP contribution is -2.33. The zero-order valence-corrected chi connectivity index (χ0v) is 20.2. The van der Waals surface area contributed by atoms with Crippen molar-refractivity contribution in [3.63, 3.8) is 0 Å². The number of ether oxygens (including phenoxy) is 4. The van der Waals surface area contributed by atoms with Crippen LogP contribution in [0.5, 0.6) is 5.75 Å². The lowest BCUT2D eigenvalue weighted by molar-refractivity contribution is -0.274. The molecule has 1 heterocycles. The monoisotopic (exact) mass is 506 g/mol. The third-order valence-corrected chi connectivity index (χ3v) is 6.14. The zero-order chi connectivity index (χ0) is 25.5. The molecule has 1 saturated heterocycles. The molecule has 36 heavy (non-hydrogen) atoms. The lowest BCUT2D eigenvalue weighted by atomic mass is 9.99. The molecule has 0 spiro atoms. The van der Waals surface area contributed by atoms with Crippen LogP contribution in [0.1, 0.15) is 49.2 Å². The maximum Gasteiger partial charge on any atom is 0.573 e. The van der Waals surface area contributed by atoms with E-state index in [0.717, 1.165) is 35.8 Å². The van der Waals surface area contributed by atoms with E-state index in [1.165, 1.54) is 12.1 Å². The quantitative estimate of drug-likeness (QED) is 0.214. The molecule has 4 rings (SSSR count). The molecule has 0 bridgehead atoms. The molecule has 0 radical (unpaired) electrons. The molecule has 1 aliphatic heterocycles. The minimum absolute atomic E-state index is 0.0769. The number of benzene rings is 3. The van der Waals surface area contributed by atoms with Gasteiger partial charge in [-0.2, -0.15) is 0 Å². The highest BCUT2D eigenvalue weighted by Crippen LogP contribution is 2.30. The number of fused-ring (bicyclic) bond motifs is 1. The van der Waals surface area contributed by atoms with Gasteiger partial charge in [-0.05, 0) is 54.0 Å². The first-order valence-corrected chi connectivity index (χ1v) is 12.2. The fourth-order valence-corrected chi connectivity index (χ4v) is 4.21. The Morgan fingerprint density at radius 3 is 2.36 bits per heavy atom.